The fraction of sp³-hybridized carbons (Fsp3) is 0.467. The van der Waals surface area contributed by atoms with Crippen molar-refractivity contribution in [3.05, 3.63) is 25.5 Å². The third-order valence-corrected chi connectivity index (χ3v) is 6.43. The number of ether oxygens (including phenoxy) is 1. The number of nitrogens with zero attached hydrogens (tertiary/aromatic N) is 5. The second-order valence-corrected chi connectivity index (χ2v) is 9.30. The number of H-pyrrole nitrogens is 1. The van der Waals surface area contributed by atoms with Gasteiger partial charge in [-0.1, -0.05) is 23.1 Å². The molecule has 0 radical (unpaired) electrons. The van der Waals surface area contributed by atoms with Gasteiger partial charge >= 0.3 is 0 Å². The lowest BCUT2D eigenvalue weighted by Crippen LogP contribution is -2.21. The van der Waals surface area contributed by atoms with E-state index in [9.17, 15) is 9.59 Å². The van der Waals surface area contributed by atoms with Gasteiger partial charge in [-0.15, -0.1) is 10.2 Å². The highest BCUT2D eigenvalue weighted by atomic mass is 79.9. The number of fused-ring (bicyclic) bond motifs is 1. The second-order valence-electron chi connectivity index (χ2n) is 5.99. The second kappa shape index (κ2) is 8.17. The Morgan fingerprint density at radius 2 is 2.22 bits per heavy atom. The fourth-order valence-electron chi connectivity index (χ4n) is 2.85. The number of hydrogen-bond donors (Lipinski definition) is 1. The Hall–Kier alpha value is -1.63. The molecule has 3 aromatic rings. The van der Waals surface area contributed by atoms with Crippen LogP contribution in [0.15, 0.2) is 20.1 Å². The predicted molar refractivity (Wildman–Crippen MR) is 104 cm³/mol. The molecule has 0 aromatic carbocycles. The van der Waals surface area contributed by atoms with E-state index in [4.69, 9.17) is 4.74 Å². The highest BCUT2D eigenvalue weighted by Gasteiger charge is 2.21. The number of Topliss-reactive ketones (excluding diaryl/α,β-unsaturated/α-hetero) is 1. The lowest BCUT2D eigenvalue weighted by Gasteiger charge is -2.22. The molecule has 0 aliphatic carbocycles. The number of carbonyl (C=O) groups excluding carboxylic acids is 1. The van der Waals surface area contributed by atoms with Crippen molar-refractivity contribution in [3.8, 4) is 0 Å². The molecule has 0 bridgehead atoms. The van der Waals surface area contributed by atoms with Crippen molar-refractivity contribution in [1.29, 1.82) is 0 Å². The van der Waals surface area contributed by atoms with Crippen LogP contribution < -0.4 is 5.56 Å². The molecule has 0 saturated carbocycles. The normalized spacial score (nSPS) is 15.4. The van der Waals surface area contributed by atoms with E-state index in [1.807, 2.05) is 0 Å². The standard InChI is InChI=1S/C15H15BrN6O3S2/c16-14-21-20-11(27-14)5-9(23)7-26-15-18-12-10(13(24)19-15)6-17-22(12)8-1-3-25-4-2-8/h6,8H,1-5,7H2,(H,18,19,24). The molecule has 9 nitrogen and oxygen atoms in total. The van der Waals surface area contributed by atoms with E-state index < -0.39 is 0 Å². The summed E-state index contributed by atoms with van der Waals surface area (Å²) in [7, 11) is 0. The molecule has 3 aromatic heterocycles. The third-order valence-electron chi connectivity index (χ3n) is 4.14. The molecule has 0 amide bonds. The Labute approximate surface area is 170 Å². The minimum absolute atomic E-state index is 0.00988. The topological polar surface area (TPSA) is 116 Å². The van der Waals surface area contributed by atoms with Crippen molar-refractivity contribution < 1.29 is 9.53 Å². The number of halogens is 1. The largest absolute Gasteiger partial charge is 0.381 e. The molecule has 1 aliphatic rings. The Morgan fingerprint density at radius 1 is 1.41 bits per heavy atom. The zero-order valence-corrected chi connectivity index (χ0v) is 17.3. The van der Waals surface area contributed by atoms with Crippen LogP contribution in [0.1, 0.15) is 23.9 Å². The molecule has 0 spiro atoms. The first kappa shape index (κ1) is 18.7. The van der Waals surface area contributed by atoms with E-state index >= 15 is 0 Å². The number of hydrogen-bond acceptors (Lipinski definition) is 9. The number of ketones is 1. The van der Waals surface area contributed by atoms with E-state index in [1.54, 1.807) is 10.9 Å². The van der Waals surface area contributed by atoms with E-state index in [2.05, 4.69) is 41.2 Å². The van der Waals surface area contributed by atoms with Crippen LogP contribution in [-0.4, -0.2) is 54.7 Å². The summed E-state index contributed by atoms with van der Waals surface area (Å²) in [5.41, 5.74) is 0.301. The van der Waals surface area contributed by atoms with Gasteiger partial charge in [0.05, 0.1) is 24.4 Å². The number of thioether (sulfide) groups is 1. The van der Waals surface area contributed by atoms with Crippen LogP contribution in [0.4, 0.5) is 0 Å². The van der Waals surface area contributed by atoms with Crippen molar-refractivity contribution in [2.45, 2.75) is 30.5 Å². The van der Waals surface area contributed by atoms with Gasteiger partial charge < -0.3 is 9.72 Å². The van der Waals surface area contributed by atoms with Gasteiger partial charge in [-0.25, -0.2) is 9.67 Å². The van der Waals surface area contributed by atoms with E-state index in [1.165, 1.54) is 23.1 Å². The summed E-state index contributed by atoms with van der Waals surface area (Å²) in [5, 5.41) is 13.6. The summed E-state index contributed by atoms with van der Waals surface area (Å²) in [5.74, 6) is 0.182. The Kier molecular flexibility index (Phi) is 5.66. The van der Waals surface area contributed by atoms with Crippen LogP contribution in [0.25, 0.3) is 11.0 Å². The van der Waals surface area contributed by atoms with Gasteiger partial charge in [-0.2, -0.15) is 5.10 Å². The minimum atomic E-state index is -0.249. The van der Waals surface area contributed by atoms with Gasteiger partial charge in [0.2, 0.25) is 0 Å². The quantitative estimate of drug-likeness (QED) is 0.429. The maximum absolute atomic E-state index is 12.3. The predicted octanol–water partition coefficient (Wildman–Crippen LogP) is 1.99. The summed E-state index contributed by atoms with van der Waals surface area (Å²) >= 11 is 5.76. The number of aromatic nitrogens is 6. The van der Waals surface area contributed by atoms with Gasteiger partial charge in [-0.3, -0.25) is 9.59 Å². The van der Waals surface area contributed by atoms with Crippen molar-refractivity contribution >= 4 is 55.8 Å². The number of nitrogens with one attached hydrogen (secondary N) is 1. The molecule has 1 aliphatic heterocycles. The van der Waals surface area contributed by atoms with Gasteiger partial charge in [0, 0.05) is 13.2 Å². The average molecular weight is 471 g/mol. The molecule has 4 rings (SSSR count). The molecule has 0 unspecified atom stereocenters. The van der Waals surface area contributed by atoms with Gasteiger partial charge in [0.25, 0.3) is 5.56 Å². The molecular formula is C15H15BrN6O3S2. The highest BCUT2D eigenvalue weighted by Crippen LogP contribution is 2.24. The summed E-state index contributed by atoms with van der Waals surface area (Å²) in [6.07, 6.45) is 3.43. The lowest BCUT2D eigenvalue weighted by atomic mass is 10.1. The van der Waals surface area contributed by atoms with Crippen molar-refractivity contribution in [2.24, 2.45) is 0 Å². The van der Waals surface area contributed by atoms with E-state index in [0.29, 0.717) is 38.3 Å². The fourth-order valence-corrected chi connectivity index (χ4v) is 4.80. The lowest BCUT2D eigenvalue weighted by molar-refractivity contribution is -0.116. The van der Waals surface area contributed by atoms with Gasteiger partial charge in [0.15, 0.2) is 14.7 Å². The summed E-state index contributed by atoms with van der Waals surface area (Å²) in [4.78, 5) is 31.8. The maximum atomic E-state index is 12.3. The Balaban J connectivity index is 1.50. The summed E-state index contributed by atoms with van der Waals surface area (Å²) in [6.45, 7) is 1.35. The average Bonchev–Trinajstić information content (AvgIpc) is 3.27. The first-order chi connectivity index (χ1) is 13.1. The van der Waals surface area contributed by atoms with Crippen LogP contribution in [0.3, 0.4) is 0 Å². The summed E-state index contributed by atoms with van der Waals surface area (Å²) < 4.78 is 7.84. The molecule has 0 atom stereocenters. The zero-order valence-electron chi connectivity index (χ0n) is 14.1. The SMILES string of the molecule is O=C(CSc1nc2c(cnn2C2CCOCC2)c(=O)[nH]1)Cc1nnc(Br)s1. The van der Waals surface area contributed by atoms with E-state index in [0.717, 1.165) is 12.8 Å². The number of aromatic amines is 1. The molecule has 1 saturated heterocycles. The van der Waals surface area contributed by atoms with Crippen LogP contribution in [-0.2, 0) is 16.0 Å². The first-order valence-corrected chi connectivity index (χ1v) is 10.9. The van der Waals surface area contributed by atoms with Crippen LogP contribution in [0.5, 0.6) is 0 Å². The van der Waals surface area contributed by atoms with Crippen LogP contribution in [0.2, 0.25) is 0 Å². The molecule has 142 valence electrons. The molecule has 4 heterocycles. The van der Waals surface area contributed by atoms with Crippen molar-refractivity contribution in [2.75, 3.05) is 19.0 Å². The molecule has 1 fully saturated rings. The molecular weight excluding hydrogens is 456 g/mol. The Bertz CT molecular complexity index is 1030. The smallest absolute Gasteiger partial charge is 0.262 e. The maximum Gasteiger partial charge on any atom is 0.262 e. The monoisotopic (exact) mass is 470 g/mol. The number of rotatable bonds is 6. The van der Waals surface area contributed by atoms with Crippen molar-refractivity contribution in [3.63, 3.8) is 0 Å². The molecule has 27 heavy (non-hydrogen) atoms. The third kappa shape index (κ3) is 4.28. The Morgan fingerprint density at radius 3 is 2.96 bits per heavy atom. The summed E-state index contributed by atoms with van der Waals surface area (Å²) in [6, 6.07) is 0.167. The first-order valence-electron chi connectivity index (χ1n) is 8.28. The van der Waals surface area contributed by atoms with Gasteiger partial charge in [0.1, 0.15) is 16.2 Å². The van der Waals surface area contributed by atoms with E-state index in [-0.39, 0.29) is 29.6 Å². The van der Waals surface area contributed by atoms with Crippen LogP contribution >= 0.6 is 39.0 Å². The number of carbonyl (C=O) groups is 1. The van der Waals surface area contributed by atoms with Crippen LogP contribution in [0, 0.1) is 0 Å². The zero-order chi connectivity index (χ0) is 18.8. The van der Waals surface area contributed by atoms with Crippen molar-refractivity contribution in [1.82, 2.24) is 29.9 Å². The molecule has 1 N–H and O–H groups in total. The highest BCUT2D eigenvalue weighted by molar-refractivity contribution is 9.11. The molecule has 12 heteroatoms. The van der Waals surface area contributed by atoms with Gasteiger partial charge in [-0.05, 0) is 28.8 Å². The minimum Gasteiger partial charge on any atom is -0.381 e.